The van der Waals surface area contributed by atoms with Crippen LogP contribution in [0.2, 0.25) is 0 Å². The summed E-state index contributed by atoms with van der Waals surface area (Å²) in [4.78, 5) is 29.5. The number of fused-ring (bicyclic) bond motifs is 1. The van der Waals surface area contributed by atoms with Crippen molar-refractivity contribution in [3.05, 3.63) is 65.5 Å². The van der Waals surface area contributed by atoms with Crippen molar-refractivity contribution in [3.63, 3.8) is 0 Å². The van der Waals surface area contributed by atoms with Gasteiger partial charge in [-0.3, -0.25) is 9.59 Å². The number of likely N-dealkylation sites (N-methyl/N-ethyl adjacent to an activating group) is 1. The van der Waals surface area contributed by atoms with Gasteiger partial charge in [0.05, 0.1) is 5.56 Å². The molecule has 6 heteroatoms. The van der Waals surface area contributed by atoms with Crippen molar-refractivity contribution >= 4 is 11.8 Å². The number of halogens is 1. The van der Waals surface area contributed by atoms with E-state index in [2.05, 4.69) is 6.07 Å². The lowest BCUT2D eigenvalue weighted by Crippen LogP contribution is -2.50. The number of carbonyl (C=O) groups excluding carboxylic acids is 2. The van der Waals surface area contributed by atoms with Gasteiger partial charge in [-0.05, 0) is 68.2 Å². The molecule has 4 rings (SSSR count). The summed E-state index contributed by atoms with van der Waals surface area (Å²) in [6.45, 7) is 3.60. The molecule has 0 unspecified atom stereocenters. The van der Waals surface area contributed by atoms with Crippen LogP contribution in [0.4, 0.5) is 4.39 Å². The maximum Gasteiger partial charge on any atom is 0.263 e. The fraction of sp³-hybridized carbons (Fsp3) is 0.481. The Morgan fingerprint density at radius 2 is 1.73 bits per heavy atom. The highest BCUT2D eigenvalue weighted by Crippen LogP contribution is 2.39. The number of ether oxygens (including phenoxy) is 1. The van der Waals surface area contributed by atoms with Crippen LogP contribution in [-0.2, 0) is 11.2 Å². The van der Waals surface area contributed by atoms with Crippen molar-refractivity contribution in [2.24, 2.45) is 5.41 Å². The molecule has 0 radical (unpaired) electrons. The van der Waals surface area contributed by atoms with E-state index in [0.717, 1.165) is 49.8 Å². The van der Waals surface area contributed by atoms with E-state index < -0.39 is 11.9 Å². The molecule has 2 aromatic carbocycles. The van der Waals surface area contributed by atoms with Gasteiger partial charge in [0.15, 0.2) is 6.10 Å². The molecule has 1 atom stereocenters. The summed E-state index contributed by atoms with van der Waals surface area (Å²) < 4.78 is 20.2. The minimum atomic E-state index is -0.560. The Morgan fingerprint density at radius 1 is 1.03 bits per heavy atom. The summed E-state index contributed by atoms with van der Waals surface area (Å²) in [6.07, 6.45) is 5.06. The summed E-state index contributed by atoms with van der Waals surface area (Å²) in [7, 11) is 1.85. The predicted molar refractivity (Wildman–Crippen MR) is 126 cm³/mol. The van der Waals surface area contributed by atoms with Gasteiger partial charge in [0.25, 0.3) is 11.8 Å². The molecule has 2 aromatic rings. The number of rotatable bonds is 1. The Bertz CT molecular complexity index is 1000. The van der Waals surface area contributed by atoms with Gasteiger partial charge in [-0.15, -0.1) is 0 Å². The molecule has 33 heavy (non-hydrogen) atoms. The van der Waals surface area contributed by atoms with Gasteiger partial charge in [0, 0.05) is 26.7 Å². The Balaban J connectivity index is 1.48. The highest BCUT2D eigenvalue weighted by atomic mass is 19.1. The SMILES string of the molecule is C[C@H]1Oc2ccccc2CCCCC2(CCN(C(=O)c3ccccc3F)CC2)CN(C)C1=O. The summed E-state index contributed by atoms with van der Waals surface area (Å²) in [5, 5.41) is 0. The van der Waals surface area contributed by atoms with Gasteiger partial charge in [0.2, 0.25) is 0 Å². The summed E-state index contributed by atoms with van der Waals surface area (Å²) in [5.41, 5.74) is 1.22. The second-order valence-electron chi connectivity index (χ2n) is 9.54. The summed E-state index contributed by atoms with van der Waals surface area (Å²) >= 11 is 0. The summed E-state index contributed by atoms with van der Waals surface area (Å²) in [6, 6.07) is 14.1. The lowest BCUT2D eigenvalue weighted by Gasteiger charge is -2.44. The van der Waals surface area contributed by atoms with Gasteiger partial charge in [-0.25, -0.2) is 4.39 Å². The number of benzene rings is 2. The molecule has 1 spiro atoms. The number of hydrogen-bond donors (Lipinski definition) is 0. The lowest BCUT2D eigenvalue weighted by molar-refractivity contribution is -0.138. The standard InChI is InChI=1S/C27H33FN2O3/c1-20-25(31)29(2)19-27(14-8-7-10-21-9-3-6-13-24(21)33-20)15-17-30(18-16-27)26(32)22-11-4-5-12-23(22)28/h3-6,9,11-13,20H,7-8,10,14-19H2,1-2H3/t20-/m1/s1. The van der Waals surface area contributed by atoms with Gasteiger partial charge in [-0.2, -0.15) is 0 Å². The molecule has 2 amide bonds. The zero-order valence-electron chi connectivity index (χ0n) is 19.6. The van der Waals surface area contributed by atoms with E-state index in [0.29, 0.717) is 19.6 Å². The van der Waals surface area contributed by atoms with Crippen LogP contribution >= 0.6 is 0 Å². The first kappa shape index (κ1) is 23.3. The van der Waals surface area contributed by atoms with Gasteiger partial charge in [0.1, 0.15) is 11.6 Å². The largest absolute Gasteiger partial charge is 0.481 e. The quantitative estimate of drug-likeness (QED) is 0.630. The van der Waals surface area contributed by atoms with Crippen molar-refractivity contribution in [2.75, 3.05) is 26.7 Å². The monoisotopic (exact) mass is 452 g/mol. The maximum absolute atomic E-state index is 14.1. The first-order valence-electron chi connectivity index (χ1n) is 11.9. The first-order valence-corrected chi connectivity index (χ1v) is 11.9. The third-order valence-corrected chi connectivity index (χ3v) is 7.19. The molecule has 176 valence electrons. The minimum Gasteiger partial charge on any atom is -0.481 e. The number of para-hydroxylation sites is 1. The van der Waals surface area contributed by atoms with E-state index in [1.165, 1.54) is 6.07 Å². The zero-order valence-corrected chi connectivity index (χ0v) is 19.6. The first-order chi connectivity index (χ1) is 15.9. The Kier molecular flexibility index (Phi) is 7.01. The van der Waals surface area contributed by atoms with Gasteiger partial charge in [-0.1, -0.05) is 36.8 Å². The molecule has 2 aliphatic heterocycles. The van der Waals surface area contributed by atoms with Crippen LogP contribution in [0, 0.1) is 11.2 Å². The summed E-state index contributed by atoms with van der Waals surface area (Å²) in [5.74, 6) is 0.0316. The molecule has 0 bridgehead atoms. The number of nitrogens with zero attached hydrogens (tertiary/aromatic N) is 2. The van der Waals surface area contributed by atoms with Crippen molar-refractivity contribution in [1.82, 2.24) is 9.80 Å². The second-order valence-corrected chi connectivity index (χ2v) is 9.54. The van der Waals surface area contributed by atoms with E-state index in [4.69, 9.17) is 4.74 Å². The molecular weight excluding hydrogens is 419 g/mol. The van der Waals surface area contributed by atoms with Crippen molar-refractivity contribution in [1.29, 1.82) is 0 Å². The smallest absolute Gasteiger partial charge is 0.263 e. The van der Waals surface area contributed by atoms with Crippen LogP contribution in [0.3, 0.4) is 0 Å². The highest BCUT2D eigenvalue weighted by molar-refractivity contribution is 5.94. The molecule has 0 aromatic heterocycles. The number of likely N-dealkylation sites (tertiary alicyclic amines) is 1. The maximum atomic E-state index is 14.1. The van der Waals surface area contributed by atoms with Gasteiger partial charge >= 0.3 is 0 Å². The fourth-order valence-corrected chi connectivity index (χ4v) is 5.25. The third kappa shape index (κ3) is 5.21. The molecule has 0 N–H and O–H groups in total. The van der Waals surface area contributed by atoms with Crippen LogP contribution in [0.1, 0.15) is 54.9 Å². The zero-order chi connectivity index (χ0) is 23.4. The fourth-order valence-electron chi connectivity index (χ4n) is 5.25. The number of hydrogen-bond acceptors (Lipinski definition) is 3. The molecular formula is C27H33FN2O3. The third-order valence-electron chi connectivity index (χ3n) is 7.19. The molecule has 2 aliphatic rings. The molecule has 5 nitrogen and oxygen atoms in total. The number of amides is 2. The van der Waals surface area contributed by atoms with Crippen molar-refractivity contribution in [3.8, 4) is 5.75 Å². The topological polar surface area (TPSA) is 49.9 Å². The highest BCUT2D eigenvalue weighted by Gasteiger charge is 2.38. The normalized spacial score (nSPS) is 21.5. The van der Waals surface area contributed by atoms with Crippen molar-refractivity contribution in [2.45, 2.75) is 51.6 Å². The Morgan fingerprint density at radius 3 is 2.48 bits per heavy atom. The molecule has 2 heterocycles. The second kappa shape index (κ2) is 9.94. The predicted octanol–water partition coefficient (Wildman–Crippen LogP) is 4.70. The molecule has 1 fully saturated rings. The minimum absolute atomic E-state index is 0.0328. The van der Waals surface area contributed by atoms with E-state index in [-0.39, 0.29) is 22.8 Å². The Hall–Kier alpha value is -2.89. The van der Waals surface area contributed by atoms with Crippen LogP contribution in [0.5, 0.6) is 5.75 Å². The van der Waals surface area contributed by atoms with E-state index in [9.17, 15) is 14.0 Å². The number of aryl methyl sites for hydroxylation is 1. The number of piperidine rings is 1. The van der Waals surface area contributed by atoms with Gasteiger partial charge < -0.3 is 14.5 Å². The lowest BCUT2D eigenvalue weighted by atomic mass is 9.73. The number of carbonyl (C=O) groups is 2. The average molecular weight is 453 g/mol. The van der Waals surface area contributed by atoms with Crippen LogP contribution < -0.4 is 4.74 Å². The van der Waals surface area contributed by atoms with Crippen LogP contribution in [0.15, 0.2) is 48.5 Å². The molecule has 0 aliphatic carbocycles. The van der Waals surface area contributed by atoms with E-state index in [1.807, 2.05) is 32.2 Å². The van der Waals surface area contributed by atoms with E-state index >= 15 is 0 Å². The van der Waals surface area contributed by atoms with Crippen molar-refractivity contribution < 1.29 is 18.7 Å². The molecule has 1 saturated heterocycles. The van der Waals surface area contributed by atoms with E-state index in [1.54, 1.807) is 28.0 Å². The van der Waals surface area contributed by atoms with Crippen LogP contribution in [0.25, 0.3) is 0 Å². The molecule has 0 saturated carbocycles. The van der Waals surface area contributed by atoms with Crippen LogP contribution in [-0.4, -0.2) is 54.4 Å². The average Bonchev–Trinajstić information content (AvgIpc) is 2.82. The Labute approximate surface area is 195 Å².